The highest BCUT2D eigenvalue weighted by atomic mass is 32.1. The van der Waals surface area contributed by atoms with Gasteiger partial charge in [0.05, 0.1) is 16.8 Å². The summed E-state index contributed by atoms with van der Waals surface area (Å²) < 4.78 is 1.88. The molecular formula is C21H22N2O3S. The van der Waals surface area contributed by atoms with Crippen molar-refractivity contribution in [2.45, 2.75) is 40.2 Å². The van der Waals surface area contributed by atoms with Gasteiger partial charge in [-0.1, -0.05) is 6.92 Å². The first-order chi connectivity index (χ1) is 12.9. The van der Waals surface area contributed by atoms with Crippen molar-refractivity contribution in [3.05, 3.63) is 51.2 Å². The van der Waals surface area contributed by atoms with Gasteiger partial charge in [0.1, 0.15) is 0 Å². The van der Waals surface area contributed by atoms with Crippen LogP contribution < -0.4 is 5.32 Å². The number of pyridine rings is 1. The largest absolute Gasteiger partial charge is 0.478 e. The number of hydrogen-bond donors (Lipinski definition) is 2. The first-order valence-corrected chi connectivity index (χ1v) is 9.98. The number of Topliss-reactive ketones (excluding diaryl/α,β-unsaturated/α-hetero) is 1. The molecule has 4 heterocycles. The number of nitrogens with zero attached hydrogens (tertiary/aromatic N) is 1. The number of carboxylic acid groups (broad SMARTS) is 1. The summed E-state index contributed by atoms with van der Waals surface area (Å²) in [5.41, 5.74) is 5.55. The number of carbonyl (C=O) groups excluding carboxylic acids is 1. The lowest BCUT2D eigenvalue weighted by atomic mass is 10.0. The van der Waals surface area contributed by atoms with E-state index in [0.717, 1.165) is 42.6 Å². The van der Waals surface area contributed by atoms with Crippen LogP contribution in [-0.2, 0) is 19.4 Å². The lowest BCUT2D eigenvalue weighted by Crippen LogP contribution is -2.21. The fourth-order valence-corrected chi connectivity index (χ4v) is 5.30. The molecule has 1 aliphatic heterocycles. The molecule has 0 saturated heterocycles. The summed E-state index contributed by atoms with van der Waals surface area (Å²) >= 11 is 1.79. The van der Waals surface area contributed by atoms with Gasteiger partial charge in [-0.25, -0.2) is 4.79 Å². The quantitative estimate of drug-likeness (QED) is 0.667. The summed E-state index contributed by atoms with van der Waals surface area (Å²) in [6, 6.07) is 3.97. The molecule has 0 aromatic carbocycles. The van der Waals surface area contributed by atoms with Gasteiger partial charge in [-0.3, -0.25) is 4.79 Å². The normalized spacial score (nSPS) is 13.7. The molecule has 0 aliphatic carbocycles. The second kappa shape index (κ2) is 6.62. The Morgan fingerprint density at radius 1 is 1.33 bits per heavy atom. The first-order valence-electron chi connectivity index (χ1n) is 9.16. The number of hydrogen-bond acceptors (Lipinski definition) is 4. The number of carbonyl (C=O) groups is 2. The highest BCUT2D eigenvalue weighted by molar-refractivity contribution is 7.15. The zero-order valence-corrected chi connectivity index (χ0v) is 16.5. The van der Waals surface area contributed by atoms with Crippen LogP contribution in [0, 0.1) is 6.92 Å². The van der Waals surface area contributed by atoms with Crippen molar-refractivity contribution in [3.63, 3.8) is 0 Å². The number of carboxylic acids is 1. The molecule has 0 spiro atoms. The van der Waals surface area contributed by atoms with Crippen molar-refractivity contribution in [3.8, 4) is 10.4 Å². The number of aryl methyl sites for hydroxylation is 1. The van der Waals surface area contributed by atoms with Crippen LogP contribution in [0.5, 0.6) is 0 Å². The van der Waals surface area contributed by atoms with Gasteiger partial charge >= 0.3 is 5.97 Å². The van der Waals surface area contributed by atoms with Crippen LogP contribution in [0.15, 0.2) is 18.3 Å². The lowest BCUT2D eigenvalue weighted by molar-refractivity contribution is 0.0696. The van der Waals surface area contributed by atoms with Gasteiger partial charge in [0.15, 0.2) is 5.78 Å². The van der Waals surface area contributed by atoms with E-state index in [-0.39, 0.29) is 11.3 Å². The molecule has 6 heteroatoms. The van der Waals surface area contributed by atoms with E-state index in [1.165, 1.54) is 22.2 Å². The molecule has 0 saturated carbocycles. The maximum atomic E-state index is 12.3. The van der Waals surface area contributed by atoms with Gasteiger partial charge in [-0.2, -0.15) is 0 Å². The van der Waals surface area contributed by atoms with Crippen molar-refractivity contribution >= 4 is 28.6 Å². The third kappa shape index (κ3) is 2.80. The molecule has 0 unspecified atom stereocenters. The van der Waals surface area contributed by atoms with Crippen molar-refractivity contribution < 1.29 is 14.7 Å². The summed E-state index contributed by atoms with van der Waals surface area (Å²) in [5, 5.41) is 13.0. The first kappa shape index (κ1) is 17.9. The molecule has 0 bridgehead atoms. The Bertz CT molecular complexity index is 1070. The van der Waals surface area contributed by atoms with Gasteiger partial charge in [0.2, 0.25) is 0 Å². The van der Waals surface area contributed by atoms with Gasteiger partial charge in [-0.05, 0) is 55.1 Å². The smallest absolute Gasteiger partial charge is 0.336 e. The molecule has 5 nitrogen and oxygen atoms in total. The SMILES string of the molecule is CCc1c(-c2cc3c(s2)CNCC3)cn2c(C(C)=O)c(C)c(C(=O)O)cc12. The lowest BCUT2D eigenvalue weighted by Gasteiger charge is -2.11. The molecule has 3 aromatic heterocycles. The Kier molecular flexibility index (Phi) is 4.40. The van der Waals surface area contributed by atoms with Crippen LogP contribution >= 0.6 is 11.3 Å². The highest BCUT2D eigenvalue weighted by Gasteiger charge is 2.23. The minimum atomic E-state index is -1.00. The zero-order valence-electron chi connectivity index (χ0n) is 15.7. The molecule has 1 aliphatic rings. The average Bonchev–Trinajstić information content (AvgIpc) is 3.20. The second-order valence-electron chi connectivity index (χ2n) is 7.01. The number of aromatic carboxylic acids is 1. The van der Waals surface area contributed by atoms with Crippen LogP contribution in [0.1, 0.15) is 56.3 Å². The molecule has 3 aromatic rings. The van der Waals surface area contributed by atoms with E-state index in [4.69, 9.17) is 0 Å². The van der Waals surface area contributed by atoms with E-state index < -0.39 is 5.97 Å². The number of thiophene rings is 1. The second-order valence-corrected chi connectivity index (χ2v) is 8.15. The minimum absolute atomic E-state index is 0.125. The highest BCUT2D eigenvalue weighted by Crippen LogP contribution is 2.38. The monoisotopic (exact) mass is 382 g/mol. The predicted molar refractivity (Wildman–Crippen MR) is 107 cm³/mol. The van der Waals surface area contributed by atoms with E-state index >= 15 is 0 Å². The van der Waals surface area contributed by atoms with E-state index in [1.54, 1.807) is 24.3 Å². The van der Waals surface area contributed by atoms with E-state index in [9.17, 15) is 14.7 Å². The van der Waals surface area contributed by atoms with E-state index in [1.807, 2.05) is 10.6 Å². The Morgan fingerprint density at radius 3 is 2.74 bits per heavy atom. The molecule has 0 amide bonds. The molecular weight excluding hydrogens is 360 g/mol. The fraction of sp³-hybridized carbons (Fsp3) is 0.333. The van der Waals surface area contributed by atoms with Crippen molar-refractivity contribution in [1.29, 1.82) is 0 Å². The van der Waals surface area contributed by atoms with Gasteiger partial charge in [0, 0.05) is 35.0 Å². The van der Waals surface area contributed by atoms with Crippen LogP contribution in [0.25, 0.3) is 16.0 Å². The zero-order chi connectivity index (χ0) is 19.3. The van der Waals surface area contributed by atoms with Gasteiger partial charge < -0.3 is 14.8 Å². The van der Waals surface area contributed by atoms with Gasteiger partial charge in [-0.15, -0.1) is 11.3 Å². The Morgan fingerprint density at radius 2 is 2.11 bits per heavy atom. The third-order valence-electron chi connectivity index (χ3n) is 5.37. The van der Waals surface area contributed by atoms with Crippen molar-refractivity contribution in [1.82, 2.24) is 9.72 Å². The van der Waals surface area contributed by atoms with Crippen LogP contribution in [0.2, 0.25) is 0 Å². The number of ketones is 1. The van der Waals surface area contributed by atoms with Crippen molar-refractivity contribution in [2.24, 2.45) is 0 Å². The number of aromatic nitrogens is 1. The third-order valence-corrected chi connectivity index (χ3v) is 6.58. The van der Waals surface area contributed by atoms with E-state index in [0.29, 0.717) is 11.3 Å². The molecule has 27 heavy (non-hydrogen) atoms. The van der Waals surface area contributed by atoms with Gasteiger partial charge in [0.25, 0.3) is 0 Å². The van der Waals surface area contributed by atoms with Crippen LogP contribution in [0.4, 0.5) is 0 Å². The number of fused-ring (bicyclic) bond motifs is 2. The standard InChI is InChI=1S/C21H22N2O3S/c1-4-14-16(18-7-13-5-6-22-9-19(13)27-18)10-23-17(14)8-15(21(25)26)11(2)20(23)12(3)24/h7-8,10,22H,4-6,9H2,1-3H3,(H,25,26). The molecule has 0 atom stereocenters. The van der Waals surface area contributed by atoms with Crippen LogP contribution in [-0.4, -0.2) is 27.8 Å². The number of nitrogens with one attached hydrogen (secondary N) is 1. The van der Waals surface area contributed by atoms with E-state index in [2.05, 4.69) is 18.3 Å². The summed E-state index contributed by atoms with van der Waals surface area (Å²) in [6.07, 6.45) is 3.81. The predicted octanol–water partition coefficient (Wildman–Crippen LogP) is 4.09. The maximum absolute atomic E-state index is 12.3. The minimum Gasteiger partial charge on any atom is -0.478 e. The average molecular weight is 382 g/mol. The molecule has 2 N–H and O–H groups in total. The van der Waals surface area contributed by atoms with Crippen molar-refractivity contribution in [2.75, 3.05) is 6.54 Å². The maximum Gasteiger partial charge on any atom is 0.336 e. The molecule has 140 valence electrons. The molecule has 4 rings (SSSR count). The molecule has 0 fully saturated rings. The number of rotatable bonds is 4. The Hall–Kier alpha value is -2.44. The molecule has 0 radical (unpaired) electrons. The fourth-order valence-electron chi connectivity index (χ4n) is 4.08. The Labute approximate surface area is 161 Å². The topological polar surface area (TPSA) is 70.8 Å². The summed E-state index contributed by atoms with van der Waals surface area (Å²) in [5.74, 6) is -1.13. The summed E-state index contributed by atoms with van der Waals surface area (Å²) in [7, 11) is 0. The summed E-state index contributed by atoms with van der Waals surface area (Å²) in [6.45, 7) is 7.17. The van der Waals surface area contributed by atoms with Crippen LogP contribution in [0.3, 0.4) is 0 Å². The Balaban J connectivity index is 2.03. The summed E-state index contributed by atoms with van der Waals surface area (Å²) in [4.78, 5) is 26.6.